The molecule has 0 atom stereocenters. The molecule has 1 saturated heterocycles. The van der Waals surface area contributed by atoms with Gasteiger partial charge in [0.15, 0.2) is 0 Å². The Morgan fingerprint density at radius 1 is 0.941 bits per heavy atom. The van der Waals surface area contributed by atoms with Crippen molar-refractivity contribution < 1.29 is 0 Å². The van der Waals surface area contributed by atoms with Crippen molar-refractivity contribution in [1.82, 2.24) is 10.2 Å². The van der Waals surface area contributed by atoms with E-state index in [0.29, 0.717) is 5.54 Å². The molecular weight excluding hydrogens is 208 g/mol. The molecule has 1 saturated carbocycles. The molecule has 2 nitrogen and oxygen atoms in total. The van der Waals surface area contributed by atoms with E-state index in [2.05, 4.69) is 24.1 Å². The van der Waals surface area contributed by atoms with Crippen LogP contribution in [0.3, 0.4) is 0 Å². The van der Waals surface area contributed by atoms with Gasteiger partial charge in [-0.3, -0.25) is 0 Å². The van der Waals surface area contributed by atoms with Crippen molar-refractivity contribution >= 4 is 0 Å². The summed E-state index contributed by atoms with van der Waals surface area (Å²) in [5.74, 6) is 0. The first kappa shape index (κ1) is 13.4. The third-order valence-electron chi connectivity index (χ3n) is 4.59. The van der Waals surface area contributed by atoms with E-state index in [1.54, 1.807) is 0 Å². The Morgan fingerprint density at radius 3 is 2.35 bits per heavy atom. The summed E-state index contributed by atoms with van der Waals surface area (Å²) in [6.45, 7) is 8.50. The lowest BCUT2D eigenvalue weighted by molar-refractivity contribution is 0.142. The van der Waals surface area contributed by atoms with Crippen LogP contribution >= 0.6 is 0 Å². The van der Waals surface area contributed by atoms with Crippen molar-refractivity contribution in [3.05, 3.63) is 0 Å². The van der Waals surface area contributed by atoms with Crippen molar-refractivity contribution in [1.29, 1.82) is 0 Å². The highest BCUT2D eigenvalue weighted by atomic mass is 15.2. The topological polar surface area (TPSA) is 15.3 Å². The van der Waals surface area contributed by atoms with Crippen LogP contribution in [-0.4, -0.2) is 36.1 Å². The summed E-state index contributed by atoms with van der Waals surface area (Å²) in [5, 5.41) is 3.67. The largest absolute Gasteiger partial charge is 0.312 e. The van der Waals surface area contributed by atoms with Gasteiger partial charge in [-0.2, -0.15) is 0 Å². The summed E-state index contributed by atoms with van der Waals surface area (Å²) in [6.07, 6.45) is 11.4. The Labute approximate surface area is 107 Å². The zero-order chi connectivity index (χ0) is 12.1. The van der Waals surface area contributed by atoms with Crippen molar-refractivity contribution in [3.63, 3.8) is 0 Å². The summed E-state index contributed by atoms with van der Waals surface area (Å²) < 4.78 is 0. The first-order chi connectivity index (χ1) is 8.17. The van der Waals surface area contributed by atoms with E-state index in [4.69, 9.17) is 0 Å². The van der Waals surface area contributed by atoms with Crippen LogP contribution < -0.4 is 5.32 Å². The fourth-order valence-electron chi connectivity index (χ4n) is 3.32. The van der Waals surface area contributed by atoms with Crippen LogP contribution in [0.15, 0.2) is 0 Å². The van der Waals surface area contributed by atoms with Crippen LogP contribution in [0.2, 0.25) is 0 Å². The summed E-state index contributed by atoms with van der Waals surface area (Å²) >= 11 is 0. The van der Waals surface area contributed by atoms with Crippen LogP contribution in [0.4, 0.5) is 0 Å². The Kier molecular flexibility index (Phi) is 4.87. The molecule has 1 N–H and O–H groups in total. The SMILES string of the molecule is CC1(C)CCN(C2CCCCCC2)CCCN1. The predicted molar refractivity (Wildman–Crippen MR) is 74.4 cm³/mol. The van der Waals surface area contributed by atoms with E-state index in [1.165, 1.54) is 71.0 Å². The van der Waals surface area contributed by atoms with Crippen molar-refractivity contribution in [2.75, 3.05) is 19.6 Å². The van der Waals surface area contributed by atoms with Gasteiger partial charge in [-0.15, -0.1) is 0 Å². The van der Waals surface area contributed by atoms with Gasteiger partial charge < -0.3 is 10.2 Å². The molecule has 1 aliphatic heterocycles. The van der Waals surface area contributed by atoms with Crippen molar-refractivity contribution in [2.24, 2.45) is 0 Å². The smallest absolute Gasteiger partial charge is 0.0137 e. The molecule has 100 valence electrons. The van der Waals surface area contributed by atoms with E-state index in [9.17, 15) is 0 Å². The molecule has 2 aliphatic rings. The molecule has 0 amide bonds. The molecule has 1 aliphatic carbocycles. The Hall–Kier alpha value is -0.0800. The van der Waals surface area contributed by atoms with Crippen LogP contribution in [-0.2, 0) is 0 Å². The highest BCUT2D eigenvalue weighted by Gasteiger charge is 2.25. The van der Waals surface area contributed by atoms with E-state index in [0.717, 1.165) is 6.04 Å². The second-order valence-corrected chi connectivity index (χ2v) is 6.60. The van der Waals surface area contributed by atoms with Gasteiger partial charge in [-0.25, -0.2) is 0 Å². The molecule has 0 bridgehead atoms. The summed E-state index contributed by atoms with van der Waals surface area (Å²) in [7, 11) is 0. The summed E-state index contributed by atoms with van der Waals surface area (Å²) in [4.78, 5) is 2.80. The Morgan fingerprint density at radius 2 is 1.65 bits per heavy atom. The molecule has 0 aromatic heterocycles. The molecule has 0 spiro atoms. The lowest BCUT2D eigenvalue weighted by atomic mass is 9.97. The fourth-order valence-corrected chi connectivity index (χ4v) is 3.32. The number of hydrogen-bond donors (Lipinski definition) is 1. The maximum absolute atomic E-state index is 3.67. The molecule has 0 radical (unpaired) electrons. The van der Waals surface area contributed by atoms with Gasteiger partial charge >= 0.3 is 0 Å². The minimum Gasteiger partial charge on any atom is -0.312 e. The van der Waals surface area contributed by atoms with E-state index in [1.807, 2.05) is 0 Å². The van der Waals surface area contributed by atoms with Gasteiger partial charge in [0, 0.05) is 18.1 Å². The summed E-state index contributed by atoms with van der Waals surface area (Å²) in [5.41, 5.74) is 0.337. The fraction of sp³-hybridized carbons (Fsp3) is 1.00. The molecule has 0 aromatic rings. The van der Waals surface area contributed by atoms with E-state index in [-0.39, 0.29) is 0 Å². The van der Waals surface area contributed by atoms with E-state index < -0.39 is 0 Å². The first-order valence-electron chi connectivity index (χ1n) is 7.66. The van der Waals surface area contributed by atoms with Gasteiger partial charge in [-0.1, -0.05) is 25.7 Å². The number of hydrogen-bond acceptors (Lipinski definition) is 2. The standard InChI is InChI=1S/C15H30N2/c1-15(2)10-13-17(12-7-11-16-15)14-8-5-3-4-6-9-14/h14,16H,3-13H2,1-2H3. The van der Waals surface area contributed by atoms with Crippen LogP contribution in [0.25, 0.3) is 0 Å². The van der Waals surface area contributed by atoms with Crippen molar-refractivity contribution in [3.8, 4) is 0 Å². The molecule has 2 fully saturated rings. The third-order valence-corrected chi connectivity index (χ3v) is 4.59. The Balaban J connectivity index is 1.89. The summed E-state index contributed by atoms with van der Waals surface area (Å²) in [6, 6.07) is 0.895. The quantitative estimate of drug-likeness (QED) is 0.706. The maximum Gasteiger partial charge on any atom is 0.0137 e. The lowest BCUT2D eigenvalue weighted by Gasteiger charge is -2.37. The predicted octanol–water partition coefficient (Wildman–Crippen LogP) is 3.17. The third kappa shape index (κ3) is 4.26. The Bertz CT molecular complexity index is 217. The van der Waals surface area contributed by atoms with Gasteiger partial charge in [0.05, 0.1) is 0 Å². The van der Waals surface area contributed by atoms with Gasteiger partial charge in [0.25, 0.3) is 0 Å². The average Bonchev–Trinajstić information content (AvgIpc) is 2.54. The minimum atomic E-state index is 0.337. The highest BCUT2D eigenvalue weighted by Crippen LogP contribution is 2.24. The second kappa shape index (κ2) is 6.19. The number of nitrogens with zero attached hydrogens (tertiary/aromatic N) is 1. The molecule has 2 heteroatoms. The second-order valence-electron chi connectivity index (χ2n) is 6.60. The normalized spacial score (nSPS) is 29.3. The molecule has 17 heavy (non-hydrogen) atoms. The number of rotatable bonds is 1. The zero-order valence-corrected chi connectivity index (χ0v) is 11.8. The molecule has 2 rings (SSSR count). The zero-order valence-electron chi connectivity index (χ0n) is 11.8. The molecule has 0 unspecified atom stereocenters. The van der Waals surface area contributed by atoms with E-state index >= 15 is 0 Å². The monoisotopic (exact) mass is 238 g/mol. The molecule has 0 aromatic carbocycles. The average molecular weight is 238 g/mol. The van der Waals surface area contributed by atoms with Crippen LogP contribution in [0.5, 0.6) is 0 Å². The minimum absolute atomic E-state index is 0.337. The lowest BCUT2D eigenvalue weighted by Crippen LogP contribution is -2.48. The van der Waals surface area contributed by atoms with Crippen LogP contribution in [0, 0.1) is 0 Å². The first-order valence-corrected chi connectivity index (χ1v) is 7.66. The van der Waals surface area contributed by atoms with Gasteiger partial charge in [0.2, 0.25) is 0 Å². The maximum atomic E-state index is 3.67. The van der Waals surface area contributed by atoms with Gasteiger partial charge in [0.1, 0.15) is 0 Å². The highest BCUT2D eigenvalue weighted by molar-refractivity contribution is 4.84. The molecule has 1 heterocycles. The number of nitrogens with one attached hydrogen (secondary N) is 1. The van der Waals surface area contributed by atoms with Crippen molar-refractivity contribution in [2.45, 2.75) is 76.8 Å². The molecular formula is C15H30N2. The van der Waals surface area contributed by atoms with Gasteiger partial charge in [-0.05, 0) is 52.6 Å². The van der Waals surface area contributed by atoms with Crippen LogP contribution in [0.1, 0.15) is 65.2 Å².